The molecular weight excluding hydrogens is 274 g/mol. The van der Waals surface area contributed by atoms with Crippen LogP contribution in [0.2, 0.25) is 5.02 Å². The van der Waals surface area contributed by atoms with Gasteiger partial charge in [0.25, 0.3) is 5.91 Å². The molecule has 0 bridgehead atoms. The average Bonchev–Trinajstić information content (AvgIpc) is 2.48. The molecule has 20 heavy (non-hydrogen) atoms. The van der Waals surface area contributed by atoms with Crippen LogP contribution in [0.15, 0.2) is 48.8 Å². The lowest BCUT2D eigenvalue weighted by atomic mass is 10.2. The summed E-state index contributed by atoms with van der Waals surface area (Å²) >= 11 is 5.90. The fourth-order valence-electron chi connectivity index (χ4n) is 1.74. The Morgan fingerprint density at radius 1 is 1.20 bits per heavy atom. The third-order valence-electron chi connectivity index (χ3n) is 2.73. The molecule has 0 saturated carbocycles. The van der Waals surface area contributed by atoms with Gasteiger partial charge in [0.05, 0.1) is 5.56 Å². The van der Waals surface area contributed by atoms with Gasteiger partial charge in [-0.3, -0.25) is 9.78 Å². The van der Waals surface area contributed by atoms with E-state index >= 15 is 0 Å². The molecule has 0 aliphatic rings. The van der Waals surface area contributed by atoms with E-state index in [4.69, 9.17) is 11.6 Å². The Kier molecular flexibility index (Phi) is 5.53. The fraction of sp³-hybridized carbons (Fsp3) is 0.200. The number of aromatic nitrogens is 1. The minimum Gasteiger partial charge on any atom is -0.351 e. The molecule has 1 aromatic carbocycles. The van der Waals surface area contributed by atoms with Crippen molar-refractivity contribution in [2.24, 2.45) is 0 Å². The highest BCUT2D eigenvalue weighted by Crippen LogP contribution is 2.09. The lowest BCUT2D eigenvalue weighted by Gasteiger charge is -2.07. The largest absolute Gasteiger partial charge is 0.351 e. The van der Waals surface area contributed by atoms with Gasteiger partial charge in [0.1, 0.15) is 0 Å². The zero-order chi connectivity index (χ0) is 14.2. The molecule has 0 saturated heterocycles. The number of nitrogens with one attached hydrogen (secondary N) is 2. The molecule has 1 heterocycles. The summed E-state index contributed by atoms with van der Waals surface area (Å²) in [5.41, 5.74) is 1.69. The van der Waals surface area contributed by atoms with E-state index in [1.54, 1.807) is 24.5 Å². The first kappa shape index (κ1) is 14.5. The minimum atomic E-state index is -0.109. The molecule has 4 nitrogen and oxygen atoms in total. The van der Waals surface area contributed by atoms with Gasteiger partial charge < -0.3 is 10.6 Å². The number of rotatable bonds is 6. The van der Waals surface area contributed by atoms with E-state index in [0.29, 0.717) is 18.7 Å². The third-order valence-corrected chi connectivity index (χ3v) is 2.96. The smallest absolute Gasteiger partial charge is 0.252 e. The molecule has 0 atom stereocenters. The average molecular weight is 290 g/mol. The van der Waals surface area contributed by atoms with Crippen LogP contribution in [-0.4, -0.2) is 24.0 Å². The number of amides is 1. The summed E-state index contributed by atoms with van der Waals surface area (Å²) in [6.07, 6.45) is 3.19. The molecule has 0 fully saturated rings. The number of hydrogen-bond donors (Lipinski definition) is 2. The molecular formula is C15H16ClN3O. The van der Waals surface area contributed by atoms with Gasteiger partial charge in [0.2, 0.25) is 0 Å². The summed E-state index contributed by atoms with van der Waals surface area (Å²) in [6, 6.07) is 11.2. The number of carbonyl (C=O) groups excluding carboxylic acids is 1. The van der Waals surface area contributed by atoms with Crippen LogP contribution in [0.3, 0.4) is 0 Å². The molecule has 2 N–H and O–H groups in total. The Bertz CT molecular complexity index is 560. The van der Waals surface area contributed by atoms with Crippen LogP contribution in [0.1, 0.15) is 15.9 Å². The highest BCUT2D eigenvalue weighted by molar-refractivity contribution is 6.30. The molecule has 0 spiro atoms. The fourth-order valence-corrected chi connectivity index (χ4v) is 1.96. The van der Waals surface area contributed by atoms with Crippen molar-refractivity contribution in [3.63, 3.8) is 0 Å². The third kappa shape index (κ3) is 4.64. The number of hydrogen-bond acceptors (Lipinski definition) is 3. The summed E-state index contributed by atoms with van der Waals surface area (Å²) in [5.74, 6) is -0.109. The van der Waals surface area contributed by atoms with Crippen LogP contribution in [-0.2, 0) is 6.54 Å². The van der Waals surface area contributed by atoms with Gasteiger partial charge in [-0.05, 0) is 29.8 Å². The normalized spacial score (nSPS) is 10.2. The maximum absolute atomic E-state index is 11.7. The van der Waals surface area contributed by atoms with Gasteiger partial charge in [-0.15, -0.1) is 0 Å². The Balaban J connectivity index is 1.66. The highest BCUT2D eigenvalue weighted by atomic mass is 35.5. The Labute approximate surface area is 123 Å². The van der Waals surface area contributed by atoms with E-state index in [9.17, 15) is 4.79 Å². The van der Waals surface area contributed by atoms with Crippen LogP contribution in [0.25, 0.3) is 0 Å². The number of pyridine rings is 1. The van der Waals surface area contributed by atoms with Crippen molar-refractivity contribution in [1.29, 1.82) is 0 Å². The van der Waals surface area contributed by atoms with Gasteiger partial charge in [-0.25, -0.2) is 0 Å². The SMILES string of the molecule is O=C(NCCNCc1cccc(Cl)c1)c1cccnc1. The van der Waals surface area contributed by atoms with Crippen LogP contribution >= 0.6 is 11.6 Å². The highest BCUT2D eigenvalue weighted by Gasteiger charge is 2.03. The van der Waals surface area contributed by atoms with E-state index in [0.717, 1.165) is 17.1 Å². The van der Waals surface area contributed by atoms with Crippen LogP contribution in [0, 0.1) is 0 Å². The number of halogens is 1. The molecule has 0 radical (unpaired) electrons. The minimum absolute atomic E-state index is 0.109. The van der Waals surface area contributed by atoms with Crippen molar-refractivity contribution >= 4 is 17.5 Å². The second-order valence-corrected chi connectivity index (χ2v) is 4.74. The number of benzene rings is 1. The topological polar surface area (TPSA) is 54.0 Å². The van der Waals surface area contributed by atoms with Crippen molar-refractivity contribution in [3.8, 4) is 0 Å². The first-order chi connectivity index (χ1) is 9.75. The van der Waals surface area contributed by atoms with Gasteiger partial charge in [-0.1, -0.05) is 23.7 Å². The van der Waals surface area contributed by atoms with Gasteiger partial charge in [0.15, 0.2) is 0 Å². The van der Waals surface area contributed by atoms with Crippen molar-refractivity contribution in [2.45, 2.75) is 6.54 Å². The molecule has 1 aromatic heterocycles. The monoisotopic (exact) mass is 289 g/mol. The number of carbonyl (C=O) groups is 1. The molecule has 104 valence electrons. The molecule has 0 aliphatic heterocycles. The van der Waals surface area contributed by atoms with Gasteiger partial charge >= 0.3 is 0 Å². The van der Waals surface area contributed by atoms with E-state index in [1.165, 1.54) is 0 Å². The standard InChI is InChI=1S/C15H16ClN3O/c16-14-5-1-3-12(9-14)10-18-7-8-19-15(20)13-4-2-6-17-11-13/h1-6,9,11,18H,7-8,10H2,(H,19,20). The van der Waals surface area contributed by atoms with Crippen LogP contribution < -0.4 is 10.6 Å². The van der Waals surface area contributed by atoms with Crippen molar-refractivity contribution in [3.05, 3.63) is 64.9 Å². The van der Waals surface area contributed by atoms with Crippen LogP contribution in [0.5, 0.6) is 0 Å². The summed E-state index contributed by atoms with van der Waals surface area (Å²) in [7, 11) is 0. The number of nitrogens with zero attached hydrogens (tertiary/aromatic N) is 1. The lowest BCUT2D eigenvalue weighted by Crippen LogP contribution is -2.31. The lowest BCUT2D eigenvalue weighted by molar-refractivity contribution is 0.0953. The molecule has 5 heteroatoms. The van der Waals surface area contributed by atoms with Crippen LogP contribution in [0.4, 0.5) is 0 Å². The summed E-state index contributed by atoms with van der Waals surface area (Å²) in [4.78, 5) is 15.6. The quantitative estimate of drug-likeness (QED) is 0.802. The summed E-state index contributed by atoms with van der Waals surface area (Å²) in [5, 5.41) is 6.81. The molecule has 0 aliphatic carbocycles. The molecule has 1 amide bonds. The van der Waals surface area contributed by atoms with Gasteiger partial charge in [-0.2, -0.15) is 0 Å². The van der Waals surface area contributed by atoms with Crippen molar-refractivity contribution in [2.75, 3.05) is 13.1 Å². The van der Waals surface area contributed by atoms with E-state index in [1.807, 2.05) is 24.3 Å². The first-order valence-corrected chi connectivity index (χ1v) is 6.77. The zero-order valence-electron chi connectivity index (χ0n) is 11.0. The van der Waals surface area contributed by atoms with Crippen molar-refractivity contribution in [1.82, 2.24) is 15.6 Å². The Morgan fingerprint density at radius 3 is 2.85 bits per heavy atom. The zero-order valence-corrected chi connectivity index (χ0v) is 11.7. The van der Waals surface area contributed by atoms with E-state index < -0.39 is 0 Å². The van der Waals surface area contributed by atoms with E-state index in [2.05, 4.69) is 15.6 Å². The molecule has 2 rings (SSSR count). The first-order valence-electron chi connectivity index (χ1n) is 6.39. The molecule has 0 unspecified atom stereocenters. The maximum Gasteiger partial charge on any atom is 0.252 e. The second-order valence-electron chi connectivity index (χ2n) is 4.30. The van der Waals surface area contributed by atoms with Crippen molar-refractivity contribution < 1.29 is 4.79 Å². The Morgan fingerprint density at radius 2 is 2.10 bits per heavy atom. The van der Waals surface area contributed by atoms with Gasteiger partial charge in [0, 0.05) is 37.1 Å². The summed E-state index contributed by atoms with van der Waals surface area (Å²) < 4.78 is 0. The summed E-state index contributed by atoms with van der Waals surface area (Å²) in [6.45, 7) is 1.98. The predicted molar refractivity (Wildman–Crippen MR) is 79.7 cm³/mol. The maximum atomic E-state index is 11.7. The van der Waals surface area contributed by atoms with E-state index in [-0.39, 0.29) is 5.91 Å². The molecule has 2 aromatic rings. The predicted octanol–water partition coefficient (Wildman–Crippen LogP) is 2.25. The Hall–Kier alpha value is -1.91. The second kappa shape index (κ2) is 7.62.